The smallest absolute Gasteiger partial charge is 0.416 e. The number of hydrogen-bond donors (Lipinski definition) is 1. The van der Waals surface area contributed by atoms with E-state index in [0.29, 0.717) is 34.0 Å². The number of nitrogens with zero attached hydrogens (tertiary/aromatic N) is 4. The van der Waals surface area contributed by atoms with Crippen LogP contribution in [0.25, 0.3) is 22.1 Å². The van der Waals surface area contributed by atoms with Crippen LogP contribution in [0.1, 0.15) is 11.1 Å². The molecule has 0 saturated heterocycles. The van der Waals surface area contributed by atoms with E-state index in [9.17, 15) is 21.6 Å². The maximum absolute atomic E-state index is 13.6. The Balaban J connectivity index is 1.88. The van der Waals surface area contributed by atoms with Crippen LogP contribution in [-0.4, -0.2) is 35.0 Å². The highest BCUT2D eigenvalue weighted by Gasteiger charge is 2.34. The maximum atomic E-state index is 13.6. The lowest BCUT2D eigenvalue weighted by molar-refractivity contribution is -0.138. The van der Waals surface area contributed by atoms with Crippen molar-refractivity contribution in [1.82, 2.24) is 19.5 Å². The average molecular weight is 437 g/mol. The molecule has 0 aliphatic rings. The van der Waals surface area contributed by atoms with Crippen LogP contribution in [0.3, 0.4) is 0 Å². The number of alkyl halides is 3. The lowest BCUT2D eigenvalue weighted by Crippen LogP contribution is -2.16. The van der Waals surface area contributed by atoms with Gasteiger partial charge in [0.1, 0.15) is 5.52 Å². The number of primary sulfonamides is 1. The molecule has 0 atom stereocenters. The van der Waals surface area contributed by atoms with E-state index in [1.54, 1.807) is 12.1 Å². The first kappa shape index (κ1) is 20.0. The largest absolute Gasteiger partial charge is 0.481 e. The average Bonchev–Trinajstić information content (AvgIpc) is 3.09. The third-order valence-electron chi connectivity index (χ3n) is 4.54. The van der Waals surface area contributed by atoms with Crippen molar-refractivity contribution in [3.8, 4) is 5.88 Å². The monoisotopic (exact) mass is 437 g/mol. The van der Waals surface area contributed by atoms with Crippen LogP contribution in [-0.2, 0) is 22.7 Å². The van der Waals surface area contributed by atoms with Crippen molar-refractivity contribution in [3.63, 3.8) is 0 Å². The SMILES string of the molecule is COc1ccc2c(ncc3ncn(Cc4ccc(S(N)(=O)=O)cc4C(F)(F)F)c32)n1. The maximum Gasteiger partial charge on any atom is 0.416 e. The van der Waals surface area contributed by atoms with Gasteiger partial charge in [-0.2, -0.15) is 18.2 Å². The third-order valence-corrected chi connectivity index (χ3v) is 5.46. The van der Waals surface area contributed by atoms with Crippen LogP contribution >= 0.6 is 0 Å². The second-order valence-corrected chi connectivity index (χ2v) is 8.01. The summed E-state index contributed by atoms with van der Waals surface area (Å²) in [4.78, 5) is 12.0. The molecule has 0 radical (unpaired) electrons. The van der Waals surface area contributed by atoms with Crippen LogP contribution in [0.4, 0.5) is 13.2 Å². The Kier molecular flexibility index (Phi) is 4.62. The van der Waals surface area contributed by atoms with Crippen LogP contribution in [0.2, 0.25) is 0 Å². The van der Waals surface area contributed by atoms with Crippen LogP contribution in [0, 0.1) is 0 Å². The molecule has 0 aliphatic carbocycles. The number of methoxy groups -OCH3 is 1. The molecule has 0 unspecified atom stereocenters. The Hall–Kier alpha value is -3.25. The van der Waals surface area contributed by atoms with Gasteiger partial charge in [0.15, 0.2) is 5.65 Å². The molecule has 0 aliphatic heterocycles. The van der Waals surface area contributed by atoms with Gasteiger partial charge in [0.2, 0.25) is 15.9 Å². The molecule has 0 bridgehead atoms. The molecule has 3 aromatic heterocycles. The van der Waals surface area contributed by atoms with E-state index < -0.39 is 26.7 Å². The predicted octanol–water partition coefficient (Wildman–Crippen LogP) is 2.70. The highest BCUT2D eigenvalue weighted by Crippen LogP contribution is 2.34. The quantitative estimate of drug-likeness (QED) is 0.525. The van der Waals surface area contributed by atoms with Crippen molar-refractivity contribution in [2.45, 2.75) is 17.6 Å². The molecule has 12 heteroatoms. The van der Waals surface area contributed by atoms with Crippen LogP contribution < -0.4 is 9.88 Å². The molecule has 1 aromatic carbocycles. The van der Waals surface area contributed by atoms with Crippen LogP contribution in [0.15, 0.2) is 47.8 Å². The van der Waals surface area contributed by atoms with Gasteiger partial charge in [-0.15, -0.1) is 0 Å². The first-order valence-electron chi connectivity index (χ1n) is 8.45. The molecule has 8 nitrogen and oxygen atoms in total. The van der Waals surface area contributed by atoms with E-state index in [-0.39, 0.29) is 12.1 Å². The summed E-state index contributed by atoms with van der Waals surface area (Å²) >= 11 is 0. The predicted molar refractivity (Wildman–Crippen MR) is 101 cm³/mol. The number of sulfonamides is 1. The number of ether oxygens (including phenoxy) is 1. The van der Waals surface area contributed by atoms with Gasteiger partial charge < -0.3 is 9.30 Å². The summed E-state index contributed by atoms with van der Waals surface area (Å²) in [5.41, 5.74) is 0.141. The fourth-order valence-corrected chi connectivity index (χ4v) is 3.71. The fourth-order valence-electron chi connectivity index (χ4n) is 3.17. The number of fused-ring (bicyclic) bond motifs is 3. The summed E-state index contributed by atoms with van der Waals surface area (Å²) in [6.07, 6.45) is -1.91. The lowest BCUT2D eigenvalue weighted by Gasteiger charge is -2.15. The number of hydrogen-bond acceptors (Lipinski definition) is 6. The second kappa shape index (κ2) is 6.92. The summed E-state index contributed by atoms with van der Waals surface area (Å²) in [6, 6.07) is 5.99. The lowest BCUT2D eigenvalue weighted by atomic mass is 10.1. The molecule has 3 heterocycles. The standard InChI is InChI=1S/C18H14F3N5O3S/c1-29-15-5-4-12-16-14(7-23-17(12)25-15)24-9-26(16)8-10-2-3-11(30(22,27)28)6-13(10)18(19,20)21/h2-7,9H,8H2,1H3,(H2,22,27,28). The molecule has 2 N–H and O–H groups in total. The van der Waals surface area contributed by atoms with Crippen molar-refractivity contribution < 1.29 is 26.3 Å². The number of rotatable bonds is 4. The van der Waals surface area contributed by atoms with Crippen molar-refractivity contribution >= 4 is 32.1 Å². The van der Waals surface area contributed by atoms with E-state index in [4.69, 9.17) is 9.88 Å². The zero-order valence-electron chi connectivity index (χ0n) is 15.4. The zero-order valence-corrected chi connectivity index (χ0v) is 16.2. The van der Waals surface area contributed by atoms with Gasteiger partial charge >= 0.3 is 6.18 Å². The number of pyridine rings is 2. The number of aromatic nitrogens is 4. The van der Waals surface area contributed by atoms with Crippen molar-refractivity contribution in [2.75, 3.05) is 7.11 Å². The van der Waals surface area contributed by atoms with E-state index >= 15 is 0 Å². The first-order valence-corrected chi connectivity index (χ1v) is 10.00. The van der Waals surface area contributed by atoms with Gasteiger partial charge in [0.05, 0.1) is 35.6 Å². The van der Waals surface area contributed by atoms with Crippen molar-refractivity contribution in [2.24, 2.45) is 5.14 Å². The number of nitrogens with two attached hydrogens (primary N) is 1. The number of imidazole rings is 1. The minimum absolute atomic E-state index is 0.138. The molecule has 30 heavy (non-hydrogen) atoms. The third kappa shape index (κ3) is 3.55. The molecule has 0 amide bonds. The van der Waals surface area contributed by atoms with Gasteiger partial charge in [-0.1, -0.05) is 6.07 Å². The molecule has 0 spiro atoms. The highest BCUT2D eigenvalue weighted by molar-refractivity contribution is 7.89. The molecule has 4 rings (SSSR count). The van der Waals surface area contributed by atoms with E-state index in [1.807, 2.05) is 0 Å². The molecule has 156 valence electrons. The summed E-state index contributed by atoms with van der Waals surface area (Å²) in [5.74, 6) is 0.346. The summed E-state index contributed by atoms with van der Waals surface area (Å²) in [7, 11) is -2.82. The molecule has 0 saturated carbocycles. The van der Waals surface area contributed by atoms with Crippen LogP contribution in [0.5, 0.6) is 5.88 Å². The van der Waals surface area contributed by atoms with Crippen molar-refractivity contribution in [3.05, 3.63) is 54.0 Å². The number of benzene rings is 1. The zero-order chi connectivity index (χ0) is 21.7. The van der Waals surface area contributed by atoms with Gasteiger partial charge in [0, 0.05) is 18.0 Å². The molecular formula is C18H14F3N5O3S. The minimum Gasteiger partial charge on any atom is -0.481 e. The Morgan fingerprint density at radius 1 is 1.17 bits per heavy atom. The van der Waals surface area contributed by atoms with Gasteiger partial charge in [-0.3, -0.25) is 0 Å². The minimum atomic E-state index is -4.77. The van der Waals surface area contributed by atoms with E-state index in [1.165, 1.54) is 24.2 Å². The molecular weight excluding hydrogens is 423 g/mol. The second-order valence-electron chi connectivity index (χ2n) is 6.45. The molecule has 4 aromatic rings. The topological polar surface area (TPSA) is 113 Å². The van der Waals surface area contributed by atoms with Gasteiger partial charge in [-0.05, 0) is 23.8 Å². The molecule has 0 fully saturated rings. The Labute approximate surface area is 168 Å². The summed E-state index contributed by atoms with van der Waals surface area (Å²) < 4.78 is 70.4. The summed E-state index contributed by atoms with van der Waals surface area (Å²) in [5, 5.41) is 5.56. The summed E-state index contributed by atoms with van der Waals surface area (Å²) in [6.45, 7) is -0.207. The Bertz CT molecular complexity index is 1380. The normalized spacial score (nSPS) is 12.6. The number of halogens is 3. The van der Waals surface area contributed by atoms with Crippen molar-refractivity contribution in [1.29, 1.82) is 0 Å². The fraction of sp³-hybridized carbons (Fsp3) is 0.167. The van der Waals surface area contributed by atoms with Gasteiger partial charge in [0.25, 0.3) is 0 Å². The van der Waals surface area contributed by atoms with E-state index in [2.05, 4.69) is 15.0 Å². The Morgan fingerprint density at radius 3 is 2.60 bits per heavy atom. The highest BCUT2D eigenvalue weighted by atomic mass is 32.2. The van der Waals surface area contributed by atoms with Gasteiger partial charge in [-0.25, -0.2) is 23.5 Å². The first-order chi connectivity index (χ1) is 14.1. The Morgan fingerprint density at radius 2 is 1.93 bits per heavy atom. The van der Waals surface area contributed by atoms with E-state index in [0.717, 1.165) is 12.1 Å².